The molecule has 0 heterocycles. The Labute approximate surface area is 108 Å². The van der Waals surface area contributed by atoms with Crippen LogP contribution in [-0.4, -0.2) is 18.4 Å². The lowest BCUT2D eigenvalue weighted by Crippen LogP contribution is -2.48. The normalized spacial score (nSPS) is 26.5. The molecular formula is C14H20ClNO. The summed E-state index contributed by atoms with van der Waals surface area (Å²) in [7, 11) is 1.86. The number of hydrogen-bond acceptors (Lipinski definition) is 2. The maximum Gasteiger partial charge on any atom is 0.135 e. The molecule has 0 aliphatic heterocycles. The van der Waals surface area contributed by atoms with E-state index in [9.17, 15) is 4.79 Å². The average Bonchev–Trinajstić information content (AvgIpc) is 2.34. The van der Waals surface area contributed by atoms with Crippen molar-refractivity contribution in [1.29, 1.82) is 0 Å². The van der Waals surface area contributed by atoms with Crippen molar-refractivity contribution in [3.63, 3.8) is 0 Å². The highest BCUT2D eigenvalue weighted by Crippen LogP contribution is 2.36. The van der Waals surface area contributed by atoms with Gasteiger partial charge in [-0.25, -0.2) is 0 Å². The molecule has 1 aliphatic rings. The van der Waals surface area contributed by atoms with Gasteiger partial charge in [0.25, 0.3) is 0 Å². The summed E-state index contributed by atoms with van der Waals surface area (Å²) in [6.07, 6.45) is 8.58. The van der Waals surface area contributed by atoms with E-state index in [1.54, 1.807) is 0 Å². The second kappa shape index (κ2) is 6.18. The van der Waals surface area contributed by atoms with E-state index < -0.39 is 0 Å². The van der Waals surface area contributed by atoms with Crippen LogP contribution < -0.4 is 5.32 Å². The fraction of sp³-hybridized carbons (Fsp3) is 0.500. The maximum absolute atomic E-state index is 11.6. The quantitative estimate of drug-likeness (QED) is 0.779. The zero-order valence-corrected chi connectivity index (χ0v) is 11.3. The third-order valence-electron chi connectivity index (χ3n) is 3.34. The first-order valence-electron chi connectivity index (χ1n) is 5.94. The molecule has 17 heavy (non-hydrogen) atoms. The van der Waals surface area contributed by atoms with Gasteiger partial charge in [0.05, 0.1) is 5.54 Å². The van der Waals surface area contributed by atoms with Crippen molar-refractivity contribution in [1.82, 2.24) is 5.32 Å². The highest BCUT2D eigenvalue weighted by atomic mass is 35.5. The van der Waals surface area contributed by atoms with Gasteiger partial charge in [-0.1, -0.05) is 30.3 Å². The number of halogens is 1. The topological polar surface area (TPSA) is 29.1 Å². The summed E-state index contributed by atoms with van der Waals surface area (Å²) in [5, 5.41) is 3.85. The fourth-order valence-electron chi connectivity index (χ4n) is 2.23. The Bertz CT molecular complexity index is 370. The number of Topliss-reactive ketones (excluding diaryl/α,β-unsaturated/α-hetero) is 1. The fourth-order valence-corrected chi connectivity index (χ4v) is 2.49. The third-order valence-corrected chi connectivity index (χ3v) is 3.69. The van der Waals surface area contributed by atoms with Gasteiger partial charge in [0.15, 0.2) is 0 Å². The second-order valence-electron chi connectivity index (χ2n) is 4.42. The van der Waals surface area contributed by atoms with Crippen molar-refractivity contribution in [2.24, 2.45) is 0 Å². The molecule has 1 atom stereocenters. The van der Waals surface area contributed by atoms with Gasteiger partial charge in [0.1, 0.15) is 5.78 Å². The minimum Gasteiger partial charge on any atom is -0.310 e. The van der Waals surface area contributed by atoms with Gasteiger partial charge in [-0.2, -0.15) is 0 Å². The molecule has 0 spiro atoms. The second-order valence-corrected chi connectivity index (χ2v) is 4.83. The van der Waals surface area contributed by atoms with Crippen molar-refractivity contribution >= 4 is 17.4 Å². The number of rotatable bonds is 4. The zero-order valence-electron chi connectivity index (χ0n) is 10.6. The molecule has 0 aromatic rings. The van der Waals surface area contributed by atoms with Gasteiger partial charge in [0, 0.05) is 17.9 Å². The van der Waals surface area contributed by atoms with Crippen LogP contribution >= 0.6 is 11.6 Å². The molecule has 94 valence electrons. The standard InChI is InChI=1S/C14H20ClNO/c1-4-5-8-13(15)11(2)14(16-3)9-6-7-12(17)10-14/h4-5,8,16H,2,6-7,9-10H2,1,3H3/b5-4-,13-8+. The zero-order chi connectivity index (χ0) is 12.9. The molecule has 0 aromatic heterocycles. The molecule has 3 heteroatoms. The van der Waals surface area contributed by atoms with Crippen LogP contribution in [0.3, 0.4) is 0 Å². The van der Waals surface area contributed by atoms with E-state index >= 15 is 0 Å². The van der Waals surface area contributed by atoms with E-state index in [4.69, 9.17) is 11.6 Å². The summed E-state index contributed by atoms with van der Waals surface area (Å²) in [6.45, 7) is 5.99. The number of carbonyl (C=O) groups is 1. The lowest BCUT2D eigenvalue weighted by molar-refractivity contribution is -0.121. The molecule has 0 aromatic carbocycles. The molecule has 1 rings (SSSR count). The van der Waals surface area contributed by atoms with Gasteiger partial charge in [-0.15, -0.1) is 0 Å². The average molecular weight is 254 g/mol. The lowest BCUT2D eigenvalue weighted by Gasteiger charge is -2.38. The minimum atomic E-state index is -0.357. The van der Waals surface area contributed by atoms with E-state index in [0.717, 1.165) is 18.4 Å². The van der Waals surface area contributed by atoms with Gasteiger partial charge >= 0.3 is 0 Å². The number of likely N-dealkylation sites (N-methyl/N-ethyl adjacent to an activating group) is 1. The summed E-state index contributed by atoms with van der Waals surface area (Å²) in [5.41, 5.74) is 0.456. The number of allylic oxidation sites excluding steroid dienone is 3. The molecule has 0 saturated heterocycles. The largest absolute Gasteiger partial charge is 0.310 e. The number of hydrogen-bond donors (Lipinski definition) is 1. The highest BCUT2D eigenvalue weighted by Gasteiger charge is 2.37. The predicted octanol–water partition coefficient (Wildman–Crippen LogP) is 3.34. The van der Waals surface area contributed by atoms with Gasteiger partial charge < -0.3 is 5.32 Å². The van der Waals surface area contributed by atoms with E-state index in [0.29, 0.717) is 17.9 Å². The Hall–Kier alpha value is -0.860. The Kier molecular flexibility index (Phi) is 5.16. The summed E-state index contributed by atoms with van der Waals surface area (Å²) >= 11 is 6.22. The Morgan fingerprint density at radius 3 is 2.82 bits per heavy atom. The highest BCUT2D eigenvalue weighted by molar-refractivity contribution is 6.32. The molecule has 2 nitrogen and oxygen atoms in total. The number of carbonyl (C=O) groups excluding carboxylic acids is 1. The van der Waals surface area contributed by atoms with E-state index in [2.05, 4.69) is 11.9 Å². The minimum absolute atomic E-state index is 0.280. The van der Waals surface area contributed by atoms with Crippen molar-refractivity contribution in [3.05, 3.63) is 35.4 Å². The first kappa shape index (κ1) is 14.2. The SMILES string of the molecule is C=C(/C(Cl)=C\C=C/C)C1(NC)CCCC(=O)C1. The van der Waals surface area contributed by atoms with E-state index in [1.807, 2.05) is 32.2 Å². The van der Waals surface area contributed by atoms with Crippen LogP contribution in [0.15, 0.2) is 35.4 Å². The molecule has 1 fully saturated rings. The first-order valence-corrected chi connectivity index (χ1v) is 6.32. The predicted molar refractivity (Wildman–Crippen MR) is 73.2 cm³/mol. The molecule has 0 amide bonds. The summed E-state index contributed by atoms with van der Waals surface area (Å²) < 4.78 is 0. The monoisotopic (exact) mass is 253 g/mol. The van der Waals surface area contributed by atoms with Crippen LogP contribution in [0.5, 0.6) is 0 Å². The first-order chi connectivity index (χ1) is 8.05. The van der Waals surface area contributed by atoms with Gasteiger partial charge in [0.2, 0.25) is 0 Å². The molecule has 1 aliphatic carbocycles. The molecule has 1 N–H and O–H groups in total. The number of nitrogens with one attached hydrogen (secondary N) is 1. The van der Waals surface area contributed by atoms with Crippen molar-refractivity contribution < 1.29 is 4.79 Å². The smallest absolute Gasteiger partial charge is 0.135 e. The van der Waals surface area contributed by atoms with E-state index in [1.165, 1.54) is 0 Å². The van der Waals surface area contributed by atoms with Gasteiger partial charge in [-0.3, -0.25) is 4.79 Å². The van der Waals surface area contributed by atoms with Crippen LogP contribution in [0.25, 0.3) is 0 Å². The molecule has 1 unspecified atom stereocenters. The summed E-state index contributed by atoms with van der Waals surface area (Å²) in [6, 6.07) is 0. The summed E-state index contributed by atoms with van der Waals surface area (Å²) in [4.78, 5) is 11.6. The Morgan fingerprint density at radius 2 is 2.29 bits per heavy atom. The maximum atomic E-state index is 11.6. The van der Waals surface area contributed by atoms with Crippen LogP contribution in [0, 0.1) is 0 Å². The van der Waals surface area contributed by atoms with Crippen molar-refractivity contribution in [2.45, 2.75) is 38.1 Å². The Morgan fingerprint density at radius 1 is 1.59 bits per heavy atom. The van der Waals surface area contributed by atoms with Crippen molar-refractivity contribution in [2.75, 3.05) is 7.05 Å². The molecule has 1 saturated carbocycles. The van der Waals surface area contributed by atoms with E-state index in [-0.39, 0.29) is 11.3 Å². The molecule has 0 radical (unpaired) electrons. The Balaban J connectivity index is 2.93. The van der Waals surface area contributed by atoms with Crippen LogP contribution in [0.4, 0.5) is 0 Å². The van der Waals surface area contributed by atoms with Crippen LogP contribution in [0.2, 0.25) is 0 Å². The van der Waals surface area contributed by atoms with Crippen LogP contribution in [-0.2, 0) is 4.79 Å². The number of ketones is 1. The lowest BCUT2D eigenvalue weighted by atomic mass is 9.76. The van der Waals surface area contributed by atoms with Crippen molar-refractivity contribution in [3.8, 4) is 0 Å². The third kappa shape index (κ3) is 3.30. The molecule has 0 bridgehead atoms. The summed E-state index contributed by atoms with van der Waals surface area (Å²) in [5.74, 6) is 0.280. The molecular weight excluding hydrogens is 234 g/mol. The van der Waals surface area contributed by atoms with Gasteiger partial charge in [-0.05, 0) is 38.5 Å². The van der Waals surface area contributed by atoms with Crippen LogP contribution in [0.1, 0.15) is 32.6 Å².